The number of hydrogen-bond donors (Lipinski definition) is 5. The van der Waals surface area contributed by atoms with E-state index >= 15 is 0 Å². The van der Waals surface area contributed by atoms with E-state index in [0.717, 1.165) is 52.2 Å². The number of hydrogen-bond acceptors (Lipinski definition) is 12. The molecule has 7 N–H and O–H groups in total. The molecule has 1 amide bonds. The molecule has 9 rings (SSSR count). The maximum Gasteiger partial charge on any atom is 0.376 e. The Morgan fingerprint density at radius 3 is 1.41 bits per heavy atom. The average molecular weight is 1290 g/mol. The number of carbonyl (C=O) groups is 6. The van der Waals surface area contributed by atoms with Crippen molar-refractivity contribution in [2.45, 2.75) is 97.2 Å². The summed E-state index contributed by atoms with van der Waals surface area (Å²) in [5, 5.41) is 29.6. The minimum absolute atomic E-state index is 0. The quantitative estimate of drug-likeness (QED) is 0.0187. The number of Topliss-reactive ketones (excluding diaryl/α,β-unsaturated/α-hetero) is 2. The molecule has 18 nitrogen and oxygen atoms in total. The van der Waals surface area contributed by atoms with Crippen molar-refractivity contribution in [1.29, 1.82) is 0 Å². The fourth-order valence-electron chi connectivity index (χ4n) is 8.85. The normalized spacial score (nSPS) is 13.6. The molecule has 482 valence electrons. The summed E-state index contributed by atoms with van der Waals surface area (Å²) in [6.07, 6.45) is 7.08. The topological polar surface area (TPSA) is 292 Å². The molecule has 1 saturated carbocycles. The van der Waals surface area contributed by atoms with Crippen LogP contribution in [0.1, 0.15) is 103 Å². The van der Waals surface area contributed by atoms with Gasteiger partial charge in [0.1, 0.15) is 52.5 Å². The van der Waals surface area contributed by atoms with Crippen molar-refractivity contribution in [3.63, 3.8) is 0 Å². The Hall–Kier alpha value is -9.85. The van der Waals surface area contributed by atoms with Gasteiger partial charge < -0.3 is 35.1 Å². The van der Waals surface area contributed by atoms with Gasteiger partial charge in [0.05, 0.1) is 35.7 Å². The van der Waals surface area contributed by atoms with Crippen LogP contribution in [0.4, 0.5) is 26.3 Å². The minimum Gasteiger partial charge on any atom is -0.507 e. The highest BCUT2D eigenvalue weighted by molar-refractivity contribution is 7.85. The first-order valence-corrected chi connectivity index (χ1v) is 29.2. The Bertz CT molecular complexity index is 4110. The van der Waals surface area contributed by atoms with Crippen molar-refractivity contribution >= 4 is 56.6 Å². The lowest BCUT2D eigenvalue weighted by atomic mass is 10.0. The van der Waals surface area contributed by atoms with Crippen LogP contribution in [0.25, 0.3) is 11.5 Å². The fourth-order valence-corrected chi connectivity index (χ4v) is 9.33. The largest absolute Gasteiger partial charge is 0.507 e. The number of carboxylic acids is 1. The summed E-state index contributed by atoms with van der Waals surface area (Å²) in [6.45, 7) is 5.25. The number of aliphatic carboxylic acids is 1. The van der Waals surface area contributed by atoms with Crippen LogP contribution in [-0.2, 0) is 64.8 Å². The van der Waals surface area contributed by atoms with E-state index in [9.17, 15) is 83.3 Å². The van der Waals surface area contributed by atoms with Gasteiger partial charge in [0.2, 0.25) is 17.5 Å². The highest BCUT2D eigenvalue weighted by Crippen LogP contribution is 2.21. The van der Waals surface area contributed by atoms with Gasteiger partial charge in [-0.15, -0.1) is 0 Å². The molecular formula is C66H67F6N4O14S+. The number of pyridine rings is 2. The number of aromatic nitrogens is 2. The molecule has 25 heteroatoms. The lowest BCUT2D eigenvalue weighted by Crippen LogP contribution is -2.62. The smallest absolute Gasteiger partial charge is 0.376 e. The first-order valence-electron chi connectivity index (χ1n) is 27.7. The van der Waals surface area contributed by atoms with Crippen LogP contribution >= 0.6 is 0 Å². The monoisotopic (exact) mass is 1290 g/mol. The number of carbonyl (C=O) groups excluding carboxylic acids is 5. The summed E-state index contributed by atoms with van der Waals surface area (Å²) in [5.74, 6) is -11.4. The number of ketones is 4. The number of halogens is 6. The molecule has 91 heavy (non-hydrogen) atoms. The number of rotatable bonds is 17. The van der Waals surface area contributed by atoms with E-state index in [4.69, 9.17) is 9.66 Å². The summed E-state index contributed by atoms with van der Waals surface area (Å²) in [7, 11) is -4.02. The summed E-state index contributed by atoms with van der Waals surface area (Å²) in [4.78, 5) is 96.4. The van der Waals surface area contributed by atoms with Gasteiger partial charge in [-0.25, -0.2) is 31.1 Å². The second-order valence-corrected chi connectivity index (χ2v) is 21.6. The number of aliphatic hydroxyl groups is 2. The van der Waals surface area contributed by atoms with Crippen molar-refractivity contribution in [3.05, 3.63) is 252 Å². The van der Waals surface area contributed by atoms with Gasteiger partial charge in [-0.1, -0.05) is 87.5 Å². The first-order chi connectivity index (χ1) is 42.6. The van der Waals surface area contributed by atoms with E-state index in [2.05, 4.69) is 5.73 Å². The molecule has 2 fully saturated rings. The second-order valence-electron chi connectivity index (χ2n) is 20.2. The average Bonchev–Trinajstić information content (AvgIpc) is 1.93. The molecule has 0 radical (unpaired) electrons. The third-order valence-corrected chi connectivity index (χ3v) is 14.4. The SMILES string of the molecule is C.CC.Cc1ccc(S(=O)(=O)O)cc1.O=C(C=C(O)c1cc(Cc2ccc(F)cc2F)cn(Cc2ccccc2F)c1=O)C(=O)CN1CCCC1=O.O=C(O)C(=O)C=C(O)c1cc(Cc2ccc(F)cc2F)cn(Cc2ccccc2F)c1=O.[NH3+][C@H]1CCCC1=O. The van der Waals surface area contributed by atoms with Crippen LogP contribution in [0, 0.1) is 41.8 Å². The lowest BCUT2D eigenvalue weighted by molar-refractivity contribution is -0.401. The van der Waals surface area contributed by atoms with Crippen molar-refractivity contribution in [2.24, 2.45) is 0 Å². The van der Waals surface area contributed by atoms with Gasteiger partial charge in [0.25, 0.3) is 27.0 Å². The van der Waals surface area contributed by atoms with Crippen LogP contribution < -0.4 is 16.9 Å². The van der Waals surface area contributed by atoms with Crippen molar-refractivity contribution < 1.29 is 89.1 Å². The molecule has 2 aromatic heterocycles. The number of aliphatic hydroxyl groups excluding tert-OH is 2. The van der Waals surface area contributed by atoms with E-state index in [1.807, 2.05) is 20.8 Å². The molecule has 0 spiro atoms. The number of benzene rings is 5. The Kier molecular flexibility index (Phi) is 27.7. The third-order valence-electron chi connectivity index (χ3n) is 13.5. The van der Waals surface area contributed by atoms with Crippen molar-refractivity contribution in [2.75, 3.05) is 13.1 Å². The molecular weight excluding hydrogens is 1220 g/mol. The summed E-state index contributed by atoms with van der Waals surface area (Å²) in [5.41, 5.74) is 3.25. The molecule has 1 aliphatic carbocycles. The van der Waals surface area contributed by atoms with E-state index in [1.54, 1.807) is 24.3 Å². The van der Waals surface area contributed by atoms with Gasteiger partial charge >= 0.3 is 5.97 Å². The molecule has 3 heterocycles. The number of aryl methyl sites for hydroxylation is 1. The van der Waals surface area contributed by atoms with Crippen LogP contribution in [0.3, 0.4) is 0 Å². The lowest BCUT2D eigenvalue weighted by Gasteiger charge is -2.14. The minimum atomic E-state index is -4.02. The van der Waals surface area contributed by atoms with Gasteiger partial charge in [0.15, 0.2) is 5.78 Å². The third kappa shape index (κ3) is 21.7. The zero-order valence-electron chi connectivity index (χ0n) is 48.8. The maximum atomic E-state index is 14.3. The van der Waals surface area contributed by atoms with E-state index in [1.165, 1.54) is 84.0 Å². The number of amides is 1. The zero-order valence-corrected chi connectivity index (χ0v) is 49.6. The van der Waals surface area contributed by atoms with Crippen molar-refractivity contribution in [3.8, 4) is 0 Å². The highest BCUT2D eigenvalue weighted by Gasteiger charge is 2.26. The van der Waals surface area contributed by atoms with Gasteiger partial charge in [-0.2, -0.15) is 8.42 Å². The predicted molar refractivity (Wildman–Crippen MR) is 325 cm³/mol. The van der Waals surface area contributed by atoms with Gasteiger partial charge in [-0.05, 0) is 90.6 Å². The Morgan fingerprint density at radius 1 is 0.593 bits per heavy atom. The Labute approximate surface area is 519 Å². The second kappa shape index (κ2) is 34.2. The number of nitrogens with zero attached hydrogens (tertiary/aromatic N) is 3. The van der Waals surface area contributed by atoms with Gasteiger partial charge in [0, 0.05) is 86.5 Å². The summed E-state index contributed by atoms with van der Waals surface area (Å²) in [6, 6.07) is 25.8. The molecule has 0 unspecified atom stereocenters. The standard InChI is InChI=1S/C28H23F3N2O5.C23H16F3NO5.C7H8O3S.C5H9NO.C2H6.CH4/c29-20-8-7-18(23(31)12-20)10-17-11-21(28(38)33(14-17)15-19-4-1-2-5-22(19)30)24(34)13-25(35)26(36)16-32-9-3-6-27(32)37;24-16-6-5-14(19(26)9-16)7-13-8-17(20(28)10-21(29)23(31)32)22(30)27(11-13)12-15-3-1-2-4-18(15)25;1-6-2-4-7(5-3-6)11(8,9)10;6-4-2-1-3-5(4)7;1-2;/h1-2,4-5,7-8,11-14,34H,3,6,9-10,15-16H2;1-6,8-11,28H,7,12H2,(H,31,32);2-5H,1H3,(H,8,9,10);4H,1-3,6H2;1-2H3;1H4/p+1/t;;;4-;;/m...0../s1. The predicted octanol–water partition coefficient (Wildman–Crippen LogP) is 9.28. The number of likely N-dealkylation sites (tertiary alicyclic amines) is 1. The summed E-state index contributed by atoms with van der Waals surface area (Å²) < 4.78 is 115. The molecule has 7 aromatic rings. The van der Waals surface area contributed by atoms with Crippen LogP contribution in [0.2, 0.25) is 0 Å². The van der Waals surface area contributed by atoms with Gasteiger partial charge in [-0.3, -0.25) is 38.1 Å². The van der Waals surface area contributed by atoms with Crippen LogP contribution in [0.5, 0.6) is 0 Å². The Balaban J connectivity index is 0.000000297. The summed E-state index contributed by atoms with van der Waals surface area (Å²) >= 11 is 0. The van der Waals surface area contributed by atoms with Crippen LogP contribution in [0.15, 0.2) is 160 Å². The highest BCUT2D eigenvalue weighted by atomic mass is 32.2. The van der Waals surface area contributed by atoms with E-state index in [0.29, 0.717) is 48.6 Å². The molecule has 5 aromatic carbocycles. The van der Waals surface area contributed by atoms with Crippen LogP contribution in [-0.4, -0.2) is 96.5 Å². The number of allylic oxidation sites excluding steroid dienone is 1. The molecule has 1 atom stereocenters. The Morgan fingerprint density at radius 2 is 1.04 bits per heavy atom. The molecule has 0 bridgehead atoms. The maximum absolute atomic E-state index is 14.3. The fraction of sp³-hybridized carbons (Fsp3) is 0.242. The number of quaternary nitrogens is 1. The molecule has 2 aliphatic rings. The van der Waals surface area contributed by atoms with E-state index in [-0.39, 0.29) is 90.0 Å². The molecule has 1 saturated heterocycles. The van der Waals surface area contributed by atoms with Crippen molar-refractivity contribution in [1.82, 2.24) is 14.0 Å². The van der Waals surface area contributed by atoms with E-state index < -0.39 is 103 Å². The first kappa shape index (κ1) is 73.6. The zero-order chi connectivity index (χ0) is 66.6. The number of carboxylic acid groups (broad SMARTS) is 1. The molecule has 1 aliphatic heterocycles.